The molecular weight excluding hydrogens is 242 g/mol. The van der Waals surface area contributed by atoms with Gasteiger partial charge in [0.15, 0.2) is 0 Å². The molecule has 0 radical (unpaired) electrons. The third-order valence-corrected chi connectivity index (χ3v) is 3.11. The lowest BCUT2D eigenvalue weighted by Gasteiger charge is -2.18. The predicted octanol–water partition coefficient (Wildman–Crippen LogP) is 2.20. The first-order valence-electron chi connectivity index (χ1n) is 6.50. The summed E-state index contributed by atoms with van der Waals surface area (Å²) < 4.78 is 1.88. The molecule has 0 saturated heterocycles. The number of carboxylic acids is 1. The van der Waals surface area contributed by atoms with Crippen molar-refractivity contribution < 1.29 is 9.90 Å². The summed E-state index contributed by atoms with van der Waals surface area (Å²) >= 11 is 0. The zero-order valence-electron chi connectivity index (χ0n) is 11.3. The van der Waals surface area contributed by atoms with Gasteiger partial charge in [-0.05, 0) is 18.6 Å². The van der Waals surface area contributed by atoms with Crippen molar-refractivity contribution in [2.45, 2.75) is 26.2 Å². The summed E-state index contributed by atoms with van der Waals surface area (Å²) in [6, 6.07) is 3.94. The molecule has 5 nitrogen and oxygen atoms in total. The van der Waals surface area contributed by atoms with Gasteiger partial charge in [-0.15, -0.1) is 0 Å². The number of aliphatic carboxylic acids is 1. The van der Waals surface area contributed by atoms with Gasteiger partial charge in [-0.2, -0.15) is 0 Å². The summed E-state index contributed by atoms with van der Waals surface area (Å²) in [4.78, 5) is 17.2. The van der Waals surface area contributed by atoms with E-state index in [1.165, 1.54) is 6.42 Å². The van der Waals surface area contributed by atoms with Gasteiger partial charge in [-0.3, -0.25) is 4.79 Å². The molecule has 0 saturated carbocycles. The zero-order valence-corrected chi connectivity index (χ0v) is 11.3. The normalized spacial score (nSPS) is 10.8. The number of nitrogens with zero attached hydrogens (tertiary/aromatic N) is 3. The van der Waals surface area contributed by atoms with E-state index in [2.05, 4.69) is 23.9 Å². The van der Waals surface area contributed by atoms with Crippen LogP contribution in [0.2, 0.25) is 0 Å². The molecule has 102 valence electrons. The van der Waals surface area contributed by atoms with E-state index >= 15 is 0 Å². The summed E-state index contributed by atoms with van der Waals surface area (Å²) in [7, 11) is 2.06. The summed E-state index contributed by atoms with van der Waals surface area (Å²) in [5.74, 6) is -0.858. The molecule has 0 spiro atoms. The van der Waals surface area contributed by atoms with Crippen LogP contribution in [0.4, 0.5) is 5.69 Å². The van der Waals surface area contributed by atoms with Gasteiger partial charge in [0.25, 0.3) is 0 Å². The van der Waals surface area contributed by atoms with Gasteiger partial charge in [0.05, 0.1) is 17.8 Å². The Morgan fingerprint density at radius 2 is 2.21 bits per heavy atom. The maximum Gasteiger partial charge on any atom is 0.309 e. The first kappa shape index (κ1) is 13.4. The van der Waals surface area contributed by atoms with Crippen LogP contribution < -0.4 is 4.90 Å². The van der Waals surface area contributed by atoms with Crippen molar-refractivity contribution in [3.63, 3.8) is 0 Å². The van der Waals surface area contributed by atoms with E-state index in [9.17, 15) is 4.79 Å². The van der Waals surface area contributed by atoms with E-state index in [0.29, 0.717) is 5.69 Å². The van der Waals surface area contributed by atoms with Crippen molar-refractivity contribution >= 4 is 17.3 Å². The van der Waals surface area contributed by atoms with E-state index in [1.807, 2.05) is 22.7 Å². The van der Waals surface area contributed by atoms with Crippen LogP contribution in [0, 0.1) is 0 Å². The Bertz CT molecular complexity index is 577. The molecule has 0 aromatic carbocycles. The van der Waals surface area contributed by atoms with Crippen molar-refractivity contribution in [3.8, 4) is 0 Å². The highest BCUT2D eigenvalue weighted by atomic mass is 16.4. The molecular formula is C14H19N3O2. The largest absolute Gasteiger partial charge is 0.481 e. The molecule has 0 aliphatic carbocycles. The molecule has 0 atom stereocenters. The lowest BCUT2D eigenvalue weighted by molar-refractivity contribution is -0.136. The second-order valence-corrected chi connectivity index (χ2v) is 4.73. The molecule has 2 heterocycles. The molecule has 0 amide bonds. The molecule has 0 unspecified atom stereocenters. The molecule has 2 aromatic heterocycles. The number of rotatable bonds is 6. The van der Waals surface area contributed by atoms with Crippen molar-refractivity contribution in [2.75, 3.05) is 18.5 Å². The number of carboxylic acid groups (broad SMARTS) is 1. The second-order valence-electron chi connectivity index (χ2n) is 4.73. The molecule has 1 N–H and O–H groups in total. The lowest BCUT2D eigenvalue weighted by atomic mass is 10.3. The molecule has 0 bridgehead atoms. The van der Waals surface area contributed by atoms with Gasteiger partial charge in [0, 0.05) is 26.0 Å². The SMILES string of the molecule is CCCCN(C)c1ccc2nc(CC(=O)O)cn2c1. The van der Waals surface area contributed by atoms with Crippen LogP contribution in [0.25, 0.3) is 5.65 Å². The fourth-order valence-electron chi connectivity index (χ4n) is 2.02. The number of hydrogen-bond donors (Lipinski definition) is 1. The van der Waals surface area contributed by atoms with Crippen molar-refractivity contribution in [1.29, 1.82) is 0 Å². The third-order valence-electron chi connectivity index (χ3n) is 3.11. The molecule has 0 aliphatic heterocycles. The topological polar surface area (TPSA) is 57.8 Å². The second kappa shape index (κ2) is 5.73. The van der Waals surface area contributed by atoms with E-state index in [4.69, 9.17) is 5.11 Å². The summed E-state index contributed by atoms with van der Waals surface area (Å²) in [6.45, 7) is 3.18. The van der Waals surface area contributed by atoms with Crippen LogP contribution in [-0.4, -0.2) is 34.1 Å². The highest BCUT2D eigenvalue weighted by molar-refractivity contribution is 5.70. The Labute approximate surface area is 112 Å². The predicted molar refractivity (Wildman–Crippen MR) is 74.7 cm³/mol. The van der Waals surface area contributed by atoms with E-state index in [0.717, 1.165) is 24.3 Å². The van der Waals surface area contributed by atoms with Gasteiger partial charge in [0.2, 0.25) is 0 Å². The number of hydrogen-bond acceptors (Lipinski definition) is 3. The highest BCUT2D eigenvalue weighted by Crippen LogP contribution is 2.16. The van der Waals surface area contributed by atoms with E-state index in [-0.39, 0.29) is 6.42 Å². The number of imidazole rings is 1. The van der Waals surface area contributed by atoms with Crippen LogP contribution in [0.5, 0.6) is 0 Å². The Hall–Kier alpha value is -2.04. The van der Waals surface area contributed by atoms with Gasteiger partial charge < -0.3 is 14.4 Å². The zero-order chi connectivity index (χ0) is 13.8. The minimum absolute atomic E-state index is 0.0390. The molecule has 2 rings (SSSR count). The van der Waals surface area contributed by atoms with Gasteiger partial charge in [-0.1, -0.05) is 13.3 Å². The number of aromatic nitrogens is 2. The average Bonchev–Trinajstić information content (AvgIpc) is 2.75. The Morgan fingerprint density at radius 3 is 2.89 bits per heavy atom. The average molecular weight is 261 g/mol. The minimum Gasteiger partial charge on any atom is -0.481 e. The quantitative estimate of drug-likeness (QED) is 0.866. The van der Waals surface area contributed by atoms with Crippen LogP contribution in [-0.2, 0) is 11.2 Å². The number of fused-ring (bicyclic) bond motifs is 1. The van der Waals surface area contributed by atoms with Gasteiger partial charge >= 0.3 is 5.97 Å². The maximum absolute atomic E-state index is 10.7. The number of pyridine rings is 1. The summed E-state index contributed by atoms with van der Waals surface area (Å²) in [5, 5.41) is 8.77. The van der Waals surface area contributed by atoms with Gasteiger partial charge in [-0.25, -0.2) is 4.98 Å². The molecule has 5 heteroatoms. The van der Waals surface area contributed by atoms with Gasteiger partial charge in [0.1, 0.15) is 5.65 Å². The lowest BCUT2D eigenvalue weighted by Crippen LogP contribution is -2.18. The highest BCUT2D eigenvalue weighted by Gasteiger charge is 2.07. The summed E-state index contributed by atoms with van der Waals surface area (Å²) in [6.07, 6.45) is 6.05. The van der Waals surface area contributed by atoms with Crippen LogP contribution in [0.3, 0.4) is 0 Å². The van der Waals surface area contributed by atoms with Crippen LogP contribution in [0.15, 0.2) is 24.5 Å². The first-order chi connectivity index (χ1) is 9.10. The minimum atomic E-state index is -0.858. The van der Waals surface area contributed by atoms with Crippen LogP contribution >= 0.6 is 0 Å². The Balaban J connectivity index is 2.22. The third kappa shape index (κ3) is 3.24. The number of anilines is 1. The van der Waals surface area contributed by atoms with E-state index in [1.54, 1.807) is 6.20 Å². The fourth-order valence-corrected chi connectivity index (χ4v) is 2.02. The monoisotopic (exact) mass is 261 g/mol. The fraction of sp³-hybridized carbons (Fsp3) is 0.429. The van der Waals surface area contributed by atoms with Crippen LogP contribution in [0.1, 0.15) is 25.5 Å². The Kier molecular flexibility index (Phi) is 4.04. The molecule has 2 aromatic rings. The molecule has 0 fully saturated rings. The molecule has 0 aliphatic rings. The maximum atomic E-state index is 10.7. The van der Waals surface area contributed by atoms with Crippen molar-refractivity contribution in [2.24, 2.45) is 0 Å². The number of unbranched alkanes of at least 4 members (excludes halogenated alkanes) is 1. The number of carbonyl (C=O) groups is 1. The van der Waals surface area contributed by atoms with Crippen molar-refractivity contribution in [1.82, 2.24) is 9.38 Å². The summed E-state index contributed by atoms with van der Waals surface area (Å²) in [5.41, 5.74) is 2.48. The Morgan fingerprint density at radius 1 is 1.42 bits per heavy atom. The molecule has 19 heavy (non-hydrogen) atoms. The van der Waals surface area contributed by atoms with E-state index < -0.39 is 5.97 Å². The smallest absolute Gasteiger partial charge is 0.309 e. The first-order valence-corrected chi connectivity index (χ1v) is 6.50. The standard InChI is InChI=1S/C14H19N3O2/c1-3-4-7-16(2)12-5-6-13-15-11(8-14(18)19)9-17(13)10-12/h5-6,9-10H,3-4,7-8H2,1-2H3,(H,18,19). The van der Waals surface area contributed by atoms with Crippen molar-refractivity contribution in [3.05, 3.63) is 30.2 Å².